The van der Waals surface area contributed by atoms with E-state index in [4.69, 9.17) is 4.74 Å². The number of hydrogen-bond donors (Lipinski definition) is 2. The molecule has 4 aromatic carbocycles. The lowest BCUT2D eigenvalue weighted by atomic mass is 10.1. The molecular weight excluding hydrogens is 496 g/mol. The second-order valence-corrected chi connectivity index (χ2v) is 8.87. The van der Waals surface area contributed by atoms with Gasteiger partial charge in [-0.25, -0.2) is 4.79 Å². The molecule has 0 atom stereocenters. The number of hydrogen-bond acceptors (Lipinski definition) is 5. The van der Waals surface area contributed by atoms with Crippen LogP contribution in [0.1, 0.15) is 21.5 Å². The average molecular weight is 525 g/mol. The molecule has 0 saturated heterocycles. The number of anilines is 2. The highest BCUT2D eigenvalue weighted by Crippen LogP contribution is 2.25. The summed E-state index contributed by atoms with van der Waals surface area (Å²) in [7, 11) is 0. The molecule has 198 valence electrons. The second-order valence-electron chi connectivity index (χ2n) is 8.87. The van der Waals surface area contributed by atoms with Gasteiger partial charge in [-0.2, -0.15) is 0 Å². The van der Waals surface area contributed by atoms with Crippen LogP contribution in [0.5, 0.6) is 11.5 Å². The molecule has 0 radical (unpaired) electrons. The third kappa shape index (κ3) is 7.20. The Kier molecular flexibility index (Phi) is 8.53. The predicted molar refractivity (Wildman–Crippen MR) is 151 cm³/mol. The van der Waals surface area contributed by atoms with Crippen molar-refractivity contribution in [2.24, 2.45) is 0 Å². The summed E-state index contributed by atoms with van der Waals surface area (Å²) in [6.07, 6.45) is 0. The number of carbonyl (C=O) groups excluding carboxylic acids is 2. The van der Waals surface area contributed by atoms with Crippen molar-refractivity contribution in [2.45, 2.75) is 13.8 Å². The lowest BCUT2D eigenvalue weighted by Crippen LogP contribution is -2.41. The van der Waals surface area contributed by atoms with Crippen molar-refractivity contribution >= 4 is 29.0 Å². The van der Waals surface area contributed by atoms with Crippen LogP contribution in [0.2, 0.25) is 0 Å². The Balaban J connectivity index is 1.48. The molecule has 9 heteroatoms. The fourth-order valence-electron chi connectivity index (χ4n) is 3.83. The van der Waals surface area contributed by atoms with Crippen LogP contribution in [0.3, 0.4) is 0 Å². The maximum atomic E-state index is 13.3. The molecule has 0 aliphatic carbocycles. The highest BCUT2D eigenvalue weighted by molar-refractivity contribution is 6.02. The Morgan fingerprint density at radius 3 is 2.21 bits per heavy atom. The molecule has 0 fully saturated rings. The third-order valence-corrected chi connectivity index (χ3v) is 5.96. The number of nitrogens with zero attached hydrogens (tertiary/aromatic N) is 2. The monoisotopic (exact) mass is 524 g/mol. The van der Waals surface area contributed by atoms with Crippen LogP contribution in [0.4, 0.5) is 21.9 Å². The number of benzene rings is 4. The Morgan fingerprint density at radius 1 is 0.872 bits per heavy atom. The van der Waals surface area contributed by atoms with Crippen LogP contribution in [0.25, 0.3) is 0 Å². The molecule has 0 aliphatic heterocycles. The first kappa shape index (κ1) is 26.9. The van der Waals surface area contributed by atoms with Gasteiger partial charge in [0.05, 0.1) is 4.92 Å². The first-order valence-electron chi connectivity index (χ1n) is 12.3. The zero-order chi connectivity index (χ0) is 27.8. The van der Waals surface area contributed by atoms with Gasteiger partial charge in [0, 0.05) is 41.7 Å². The molecule has 2 N–H and O–H groups in total. The van der Waals surface area contributed by atoms with Gasteiger partial charge < -0.3 is 15.4 Å². The molecule has 0 spiro atoms. The summed E-state index contributed by atoms with van der Waals surface area (Å²) in [6, 6.07) is 27.8. The van der Waals surface area contributed by atoms with Gasteiger partial charge in [-0.1, -0.05) is 42.0 Å². The summed E-state index contributed by atoms with van der Waals surface area (Å²) < 4.78 is 5.85. The van der Waals surface area contributed by atoms with Gasteiger partial charge in [0.1, 0.15) is 11.5 Å². The number of nitro benzene ring substituents is 1. The number of urea groups is 1. The quantitative estimate of drug-likeness (QED) is 0.192. The zero-order valence-electron chi connectivity index (χ0n) is 21.6. The molecule has 39 heavy (non-hydrogen) atoms. The number of rotatable bonds is 9. The fourth-order valence-corrected chi connectivity index (χ4v) is 3.83. The van der Waals surface area contributed by atoms with Crippen molar-refractivity contribution in [3.63, 3.8) is 0 Å². The van der Waals surface area contributed by atoms with Gasteiger partial charge in [-0.3, -0.25) is 19.8 Å². The lowest BCUT2D eigenvalue weighted by Gasteiger charge is -2.24. The van der Waals surface area contributed by atoms with E-state index in [-0.39, 0.29) is 30.4 Å². The SMILES string of the molecule is Cc1ccc(NC(=O)N(CCNC(=O)c2ccc(C)c([N+](=O)[O-])c2)c2ccc(Oc3ccccc3)cc2)cc1. The standard InChI is InChI=1S/C30H28N4O5/c1-21-8-12-24(13-9-21)32-30(36)33(25-14-16-27(17-15-25)39-26-6-4-3-5-7-26)19-18-31-29(35)23-11-10-22(2)28(20-23)34(37)38/h3-17,20H,18-19H2,1-2H3,(H,31,35)(H,32,36). The summed E-state index contributed by atoms with van der Waals surface area (Å²) in [5.41, 5.74) is 2.81. The van der Waals surface area contributed by atoms with Crippen molar-refractivity contribution in [2.75, 3.05) is 23.3 Å². The maximum absolute atomic E-state index is 13.3. The minimum Gasteiger partial charge on any atom is -0.457 e. The van der Waals surface area contributed by atoms with E-state index in [1.54, 1.807) is 31.2 Å². The number of carbonyl (C=O) groups is 2. The third-order valence-electron chi connectivity index (χ3n) is 5.96. The van der Waals surface area contributed by atoms with Gasteiger partial charge in [-0.05, 0) is 68.4 Å². The van der Waals surface area contributed by atoms with E-state index in [9.17, 15) is 19.7 Å². The van der Waals surface area contributed by atoms with Crippen LogP contribution in [-0.2, 0) is 0 Å². The molecule has 0 aliphatic rings. The van der Waals surface area contributed by atoms with Crippen LogP contribution in [-0.4, -0.2) is 30.0 Å². The minimum atomic E-state index is -0.519. The fraction of sp³-hybridized carbons (Fsp3) is 0.133. The number of nitrogens with one attached hydrogen (secondary N) is 2. The summed E-state index contributed by atoms with van der Waals surface area (Å²) >= 11 is 0. The average Bonchev–Trinajstić information content (AvgIpc) is 2.93. The zero-order valence-corrected chi connectivity index (χ0v) is 21.6. The first-order valence-corrected chi connectivity index (χ1v) is 12.3. The molecule has 9 nitrogen and oxygen atoms in total. The molecule has 4 aromatic rings. The number of ether oxygens (including phenoxy) is 1. The lowest BCUT2D eigenvalue weighted by molar-refractivity contribution is -0.385. The van der Waals surface area contributed by atoms with E-state index in [2.05, 4.69) is 10.6 Å². The molecule has 0 aromatic heterocycles. The molecule has 0 saturated carbocycles. The molecule has 0 heterocycles. The van der Waals surface area contributed by atoms with Gasteiger partial charge in [0.2, 0.25) is 0 Å². The second kappa shape index (κ2) is 12.4. The highest BCUT2D eigenvalue weighted by atomic mass is 16.6. The van der Waals surface area contributed by atoms with Crippen molar-refractivity contribution < 1.29 is 19.2 Å². The maximum Gasteiger partial charge on any atom is 0.326 e. The molecule has 0 bridgehead atoms. The number of nitro groups is 1. The molecule has 0 unspecified atom stereocenters. The first-order chi connectivity index (χ1) is 18.8. The Bertz CT molecular complexity index is 1460. The summed E-state index contributed by atoms with van der Waals surface area (Å²) in [4.78, 5) is 38.2. The van der Waals surface area contributed by atoms with E-state index in [0.717, 1.165) is 5.56 Å². The summed E-state index contributed by atoms with van der Waals surface area (Å²) in [5, 5.41) is 16.9. The van der Waals surface area contributed by atoms with E-state index < -0.39 is 10.8 Å². The predicted octanol–water partition coefficient (Wildman–Crippen LogP) is 6.47. The molecule has 3 amide bonds. The largest absolute Gasteiger partial charge is 0.457 e. The van der Waals surface area contributed by atoms with Crippen LogP contribution >= 0.6 is 0 Å². The van der Waals surface area contributed by atoms with Crippen molar-refractivity contribution in [3.8, 4) is 11.5 Å². The number of para-hydroxylation sites is 1. The normalized spacial score (nSPS) is 10.4. The number of aryl methyl sites for hydroxylation is 2. The van der Waals surface area contributed by atoms with E-state index >= 15 is 0 Å². The van der Waals surface area contributed by atoms with Crippen LogP contribution < -0.4 is 20.3 Å². The molecule has 4 rings (SSSR count). The van der Waals surface area contributed by atoms with Crippen LogP contribution in [0.15, 0.2) is 97.1 Å². The highest BCUT2D eigenvalue weighted by Gasteiger charge is 2.18. The Hall–Kier alpha value is -5.18. The van der Waals surface area contributed by atoms with Crippen molar-refractivity contribution in [1.29, 1.82) is 0 Å². The van der Waals surface area contributed by atoms with Gasteiger partial charge >= 0.3 is 6.03 Å². The van der Waals surface area contributed by atoms with Crippen molar-refractivity contribution in [3.05, 3.63) is 124 Å². The van der Waals surface area contributed by atoms with Gasteiger partial charge in [0.25, 0.3) is 11.6 Å². The van der Waals surface area contributed by atoms with Crippen LogP contribution in [0, 0.1) is 24.0 Å². The Labute approximate surface area is 226 Å². The summed E-state index contributed by atoms with van der Waals surface area (Å²) in [6.45, 7) is 3.84. The smallest absolute Gasteiger partial charge is 0.326 e. The Morgan fingerprint density at radius 2 is 1.54 bits per heavy atom. The van der Waals surface area contributed by atoms with Gasteiger partial charge in [0.15, 0.2) is 0 Å². The number of amides is 3. The topological polar surface area (TPSA) is 114 Å². The summed E-state index contributed by atoms with van der Waals surface area (Å²) in [5.74, 6) is 0.833. The van der Waals surface area contributed by atoms with E-state index in [0.29, 0.717) is 28.4 Å². The van der Waals surface area contributed by atoms with Crippen molar-refractivity contribution in [1.82, 2.24) is 5.32 Å². The van der Waals surface area contributed by atoms with Gasteiger partial charge in [-0.15, -0.1) is 0 Å². The van der Waals surface area contributed by atoms with E-state index in [1.165, 1.54) is 23.1 Å². The van der Waals surface area contributed by atoms with E-state index in [1.807, 2.05) is 61.5 Å². The minimum absolute atomic E-state index is 0.115. The molecular formula is C30H28N4O5.